The molecule has 3 aromatic heterocycles. The lowest BCUT2D eigenvalue weighted by atomic mass is 10.1. The Morgan fingerprint density at radius 2 is 2.07 bits per heavy atom. The van der Waals surface area contributed by atoms with Gasteiger partial charge in [-0.2, -0.15) is 0 Å². The quantitative estimate of drug-likeness (QED) is 0.467. The maximum absolute atomic E-state index is 5.55. The first-order valence-electron chi connectivity index (χ1n) is 4.78. The fourth-order valence-corrected chi connectivity index (χ4v) is 3.12. The fraction of sp³-hybridized carbons (Fsp3) is 0. The van der Waals surface area contributed by atoms with Crippen LogP contribution in [0.3, 0.4) is 0 Å². The minimum absolute atomic E-state index is 0.987. The van der Waals surface area contributed by atoms with Crippen molar-refractivity contribution in [2.24, 2.45) is 0 Å². The summed E-state index contributed by atoms with van der Waals surface area (Å²) in [5.74, 6) is 0. The molecule has 1 N–H and O–H groups in total. The number of rotatable bonds is 0. The van der Waals surface area contributed by atoms with E-state index in [-0.39, 0.29) is 0 Å². The largest absolute Gasteiger partial charge is 0.464 e. The highest BCUT2D eigenvalue weighted by Crippen LogP contribution is 2.37. The van der Waals surface area contributed by atoms with Gasteiger partial charge in [-0.15, -0.1) is 11.3 Å². The van der Waals surface area contributed by atoms with Crippen LogP contribution in [-0.2, 0) is 0 Å². The molecule has 72 valence electrons. The van der Waals surface area contributed by atoms with Gasteiger partial charge in [0.25, 0.3) is 0 Å². The molecule has 2 nitrogen and oxygen atoms in total. The van der Waals surface area contributed by atoms with Gasteiger partial charge < -0.3 is 9.40 Å². The first-order valence-corrected chi connectivity index (χ1v) is 5.66. The van der Waals surface area contributed by atoms with Gasteiger partial charge in [-0.25, -0.2) is 0 Å². The lowest BCUT2D eigenvalue weighted by Crippen LogP contribution is -1.71. The minimum atomic E-state index is 0.987. The Balaban J connectivity index is 2.56. The molecule has 0 fully saturated rings. The van der Waals surface area contributed by atoms with Gasteiger partial charge in [-0.3, -0.25) is 0 Å². The van der Waals surface area contributed by atoms with Gasteiger partial charge in [-0.05, 0) is 23.6 Å². The lowest BCUT2D eigenvalue weighted by molar-refractivity contribution is 0.619. The number of fused-ring (bicyclic) bond motifs is 6. The van der Waals surface area contributed by atoms with Crippen molar-refractivity contribution in [2.75, 3.05) is 0 Å². The summed E-state index contributed by atoms with van der Waals surface area (Å²) in [6.45, 7) is 0. The summed E-state index contributed by atoms with van der Waals surface area (Å²) in [4.78, 5) is 3.28. The summed E-state index contributed by atoms with van der Waals surface area (Å²) in [6, 6.07) is 6.27. The summed E-state index contributed by atoms with van der Waals surface area (Å²) in [5, 5.41) is 5.78. The maximum atomic E-state index is 5.55. The molecule has 4 rings (SSSR count). The number of nitrogens with one attached hydrogen (secondary N) is 1. The second-order valence-corrected chi connectivity index (χ2v) is 4.51. The summed E-state index contributed by atoms with van der Waals surface area (Å²) in [5.41, 5.74) is 2.16. The number of hydrogen-bond donors (Lipinski definition) is 1. The Bertz CT molecular complexity index is 580. The molecule has 0 aliphatic carbocycles. The summed E-state index contributed by atoms with van der Waals surface area (Å²) in [6.07, 6.45) is 3.73. The Labute approximate surface area is 89.1 Å². The van der Waals surface area contributed by atoms with Crippen LogP contribution in [0.4, 0.5) is 0 Å². The van der Waals surface area contributed by atoms with Crippen LogP contribution >= 0.6 is 11.3 Å². The van der Waals surface area contributed by atoms with Crippen molar-refractivity contribution >= 4 is 43.3 Å². The van der Waals surface area contributed by atoms with Gasteiger partial charge in [0.2, 0.25) is 0 Å². The smallest absolute Gasteiger partial charge is 0.144 e. The summed E-state index contributed by atoms with van der Waals surface area (Å²) >= 11 is 1.76. The summed E-state index contributed by atoms with van der Waals surface area (Å²) in [7, 11) is 0. The lowest BCUT2D eigenvalue weighted by Gasteiger charge is -1.95. The highest BCUT2D eigenvalue weighted by atomic mass is 32.1. The zero-order valence-electron chi connectivity index (χ0n) is 7.78. The third-order valence-electron chi connectivity index (χ3n) is 2.84. The molecule has 0 bridgehead atoms. The normalized spacial score (nSPS) is 12.0. The van der Waals surface area contributed by atoms with Crippen molar-refractivity contribution in [3.8, 4) is 0 Å². The predicted octanol–water partition coefficient (Wildman–Crippen LogP) is 4.13. The molecule has 0 saturated heterocycles. The number of hydrogen-bond acceptors (Lipinski definition) is 2. The molecule has 4 aromatic rings. The number of furan rings is 1. The van der Waals surface area contributed by atoms with Gasteiger partial charge >= 0.3 is 0 Å². The number of H-pyrrole nitrogens is 1. The predicted molar refractivity (Wildman–Crippen MR) is 63.5 cm³/mol. The van der Waals surface area contributed by atoms with Gasteiger partial charge in [-0.1, -0.05) is 0 Å². The van der Waals surface area contributed by atoms with E-state index >= 15 is 0 Å². The molecule has 15 heavy (non-hydrogen) atoms. The monoisotopic (exact) mass is 213 g/mol. The highest BCUT2D eigenvalue weighted by Gasteiger charge is 2.11. The first-order chi connectivity index (χ1) is 7.45. The number of thiophene rings is 1. The van der Waals surface area contributed by atoms with E-state index in [0.717, 1.165) is 5.58 Å². The van der Waals surface area contributed by atoms with Crippen molar-refractivity contribution in [2.45, 2.75) is 0 Å². The molecular weight excluding hydrogens is 206 g/mol. The van der Waals surface area contributed by atoms with Gasteiger partial charge in [0.15, 0.2) is 0 Å². The average molecular weight is 213 g/mol. The molecule has 0 atom stereocenters. The van der Waals surface area contributed by atoms with E-state index in [1.165, 1.54) is 26.4 Å². The molecule has 0 radical (unpaired) electrons. The van der Waals surface area contributed by atoms with E-state index in [0.29, 0.717) is 0 Å². The van der Waals surface area contributed by atoms with E-state index in [4.69, 9.17) is 4.42 Å². The van der Waals surface area contributed by atoms with Gasteiger partial charge in [0.05, 0.1) is 11.8 Å². The fourth-order valence-electron chi connectivity index (χ4n) is 2.19. The van der Waals surface area contributed by atoms with Crippen LogP contribution in [0, 0.1) is 0 Å². The van der Waals surface area contributed by atoms with Crippen molar-refractivity contribution in [1.29, 1.82) is 0 Å². The number of benzene rings is 1. The molecule has 0 aliphatic rings. The van der Waals surface area contributed by atoms with Gasteiger partial charge in [0.1, 0.15) is 5.58 Å². The van der Waals surface area contributed by atoms with Crippen LogP contribution in [-0.4, -0.2) is 4.98 Å². The zero-order chi connectivity index (χ0) is 9.83. The minimum Gasteiger partial charge on any atom is -0.464 e. The van der Waals surface area contributed by atoms with E-state index in [1.807, 2.05) is 12.3 Å². The molecule has 0 saturated carbocycles. The Morgan fingerprint density at radius 1 is 1.07 bits per heavy atom. The Hall–Kier alpha value is -1.74. The molecular formula is C12H7NOS. The zero-order valence-corrected chi connectivity index (χ0v) is 8.60. The molecule has 3 heterocycles. The van der Waals surface area contributed by atoms with Crippen molar-refractivity contribution in [3.05, 3.63) is 36.0 Å². The van der Waals surface area contributed by atoms with Gasteiger partial charge in [0, 0.05) is 27.1 Å². The SMILES string of the molecule is c1cc2c([nH]1)c1ccoc1c1ccsc21. The second kappa shape index (κ2) is 2.44. The Kier molecular flexibility index (Phi) is 1.22. The molecule has 1 aromatic carbocycles. The maximum Gasteiger partial charge on any atom is 0.144 e. The molecule has 3 heteroatoms. The van der Waals surface area contributed by atoms with Crippen LogP contribution in [0.15, 0.2) is 40.5 Å². The van der Waals surface area contributed by atoms with E-state index in [1.54, 1.807) is 17.6 Å². The van der Waals surface area contributed by atoms with E-state index in [9.17, 15) is 0 Å². The molecule has 0 aliphatic heterocycles. The summed E-state index contributed by atoms with van der Waals surface area (Å²) < 4.78 is 6.85. The average Bonchev–Trinajstić information content (AvgIpc) is 2.97. The standard InChI is InChI=1S/C12H7NOS/c1-4-13-10-7-2-5-14-11(7)9-3-6-15-12(9)8(1)10/h1-6,13H. The van der Waals surface area contributed by atoms with Crippen molar-refractivity contribution < 1.29 is 4.42 Å². The number of aromatic amines is 1. The van der Waals surface area contributed by atoms with Crippen LogP contribution < -0.4 is 0 Å². The molecule has 0 amide bonds. The molecule has 0 unspecified atom stereocenters. The topological polar surface area (TPSA) is 28.9 Å². The second-order valence-electron chi connectivity index (χ2n) is 3.59. The van der Waals surface area contributed by atoms with Crippen LogP contribution in [0.5, 0.6) is 0 Å². The first kappa shape index (κ1) is 7.54. The van der Waals surface area contributed by atoms with E-state index in [2.05, 4.69) is 22.5 Å². The van der Waals surface area contributed by atoms with Crippen LogP contribution in [0.2, 0.25) is 0 Å². The number of aromatic nitrogens is 1. The third-order valence-corrected chi connectivity index (χ3v) is 3.78. The molecule has 0 spiro atoms. The van der Waals surface area contributed by atoms with Crippen molar-refractivity contribution in [1.82, 2.24) is 4.98 Å². The van der Waals surface area contributed by atoms with Crippen LogP contribution in [0.25, 0.3) is 32.0 Å². The Morgan fingerprint density at radius 3 is 3.07 bits per heavy atom. The van der Waals surface area contributed by atoms with E-state index < -0.39 is 0 Å². The third kappa shape index (κ3) is 0.796. The van der Waals surface area contributed by atoms with Crippen LogP contribution in [0.1, 0.15) is 0 Å². The van der Waals surface area contributed by atoms with Crippen molar-refractivity contribution in [3.63, 3.8) is 0 Å². The highest BCUT2D eigenvalue weighted by molar-refractivity contribution is 7.18.